The van der Waals surface area contributed by atoms with Gasteiger partial charge in [-0.2, -0.15) is 0 Å². The van der Waals surface area contributed by atoms with E-state index in [4.69, 9.17) is 16.7 Å². The summed E-state index contributed by atoms with van der Waals surface area (Å²) < 4.78 is 0. The van der Waals surface area contributed by atoms with Crippen LogP contribution in [0.3, 0.4) is 0 Å². The zero-order valence-electron chi connectivity index (χ0n) is 11.3. The van der Waals surface area contributed by atoms with Gasteiger partial charge in [-0.1, -0.05) is 36.3 Å². The fourth-order valence-electron chi connectivity index (χ4n) is 2.52. The smallest absolute Gasteiger partial charge is 0.224 e. The summed E-state index contributed by atoms with van der Waals surface area (Å²) in [6, 6.07) is 5.20. The Hall–Kier alpha value is -1.50. The monoisotopic (exact) mass is 291 g/mol. The molecule has 0 spiro atoms. The molecule has 2 N–H and O–H groups in total. The third-order valence-corrected chi connectivity index (χ3v) is 3.83. The highest BCUT2D eigenvalue weighted by Gasteiger charge is 2.18. The predicted octanol–water partition coefficient (Wildman–Crippen LogP) is 3.20. The fraction of sp³-hybridized carbons (Fsp3) is 0.438. The third kappa shape index (κ3) is 4.26. The Morgan fingerprint density at radius 2 is 2.15 bits per heavy atom. The van der Waals surface area contributed by atoms with Gasteiger partial charge in [0.2, 0.25) is 5.91 Å². The van der Waals surface area contributed by atoms with Gasteiger partial charge in [0.15, 0.2) is 0 Å². The molecule has 0 bridgehead atoms. The first-order chi connectivity index (χ1) is 9.69. The van der Waals surface area contributed by atoms with Gasteiger partial charge >= 0.3 is 0 Å². The lowest BCUT2D eigenvalue weighted by molar-refractivity contribution is -0.117. The van der Waals surface area contributed by atoms with Crippen LogP contribution in [-0.4, -0.2) is 17.6 Å². The van der Waals surface area contributed by atoms with Crippen molar-refractivity contribution >= 4 is 23.2 Å². The number of halogens is 1. The highest BCUT2D eigenvalue weighted by atomic mass is 35.5. The number of carbonyl (C=O) groups is 1. The first-order valence-corrected chi connectivity index (χ1v) is 7.26. The number of hydrogen-bond donors (Lipinski definition) is 2. The number of benzene rings is 1. The quantitative estimate of drug-likeness (QED) is 0.840. The van der Waals surface area contributed by atoms with E-state index in [0.29, 0.717) is 23.0 Å². The van der Waals surface area contributed by atoms with Gasteiger partial charge in [0.1, 0.15) is 6.61 Å². The van der Waals surface area contributed by atoms with Crippen molar-refractivity contribution in [1.82, 2.24) is 0 Å². The van der Waals surface area contributed by atoms with Crippen molar-refractivity contribution in [2.24, 2.45) is 5.92 Å². The van der Waals surface area contributed by atoms with Crippen LogP contribution >= 0.6 is 11.6 Å². The molecule has 1 aliphatic rings. The van der Waals surface area contributed by atoms with E-state index in [0.717, 1.165) is 18.4 Å². The SMILES string of the molecule is O=C(CC1CCCC1)Nc1cc(C#CCO)ccc1Cl. The molecule has 0 saturated heterocycles. The molecule has 0 heterocycles. The molecule has 1 aromatic carbocycles. The van der Waals surface area contributed by atoms with Gasteiger partial charge in [-0.15, -0.1) is 0 Å². The summed E-state index contributed by atoms with van der Waals surface area (Å²) in [5.41, 5.74) is 1.30. The van der Waals surface area contributed by atoms with E-state index in [1.54, 1.807) is 18.2 Å². The maximum atomic E-state index is 12.0. The van der Waals surface area contributed by atoms with Crippen LogP contribution < -0.4 is 5.32 Å². The fourth-order valence-corrected chi connectivity index (χ4v) is 2.68. The van der Waals surface area contributed by atoms with Crippen molar-refractivity contribution < 1.29 is 9.90 Å². The molecule has 106 valence electrons. The molecular weight excluding hydrogens is 274 g/mol. The molecule has 0 unspecified atom stereocenters. The van der Waals surface area contributed by atoms with Crippen LogP contribution in [0, 0.1) is 17.8 Å². The Morgan fingerprint density at radius 1 is 1.40 bits per heavy atom. The normalized spacial score (nSPS) is 14.7. The van der Waals surface area contributed by atoms with Gasteiger partial charge < -0.3 is 10.4 Å². The molecule has 0 radical (unpaired) electrons. The zero-order chi connectivity index (χ0) is 14.4. The zero-order valence-corrected chi connectivity index (χ0v) is 12.0. The van der Waals surface area contributed by atoms with Crippen LogP contribution in [0.15, 0.2) is 18.2 Å². The molecule has 2 rings (SSSR count). The maximum Gasteiger partial charge on any atom is 0.224 e. The van der Waals surface area contributed by atoms with Crippen LogP contribution in [0.5, 0.6) is 0 Å². The molecule has 1 aromatic rings. The third-order valence-electron chi connectivity index (χ3n) is 3.50. The summed E-state index contributed by atoms with van der Waals surface area (Å²) in [5.74, 6) is 5.88. The second kappa shape index (κ2) is 7.33. The average molecular weight is 292 g/mol. The van der Waals surface area contributed by atoms with Gasteiger partial charge in [-0.05, 0) is 37.0 Å². The Kier molecular flexibility index (Phi) is 5.46. The number of hydrogen-bond acceptors (Lipinski definition) is 2. The van der Waals surface area contributed by atoms with Crippen molar-refractivity contribution in [3.05, 3.63) is 28.8 Å². The van der Waals surface area contributed by atoms with Gasteiger partial charge in [0, 0.05) is 12.0 Å². The maximum absolute atomic E-state index is 12.0. The summed E-state index contributed by atoms with van der Waals surface area (Å²) in [6.45, 7) is -0.188. The highest BCUT2D eigenvalue weighted by Crippen LogP contribution is 2.29. The molecule has 1 amide bonds. The van der Waals surface area contributed by atoms with Crippen LogP contribution in [-0.2, 0) is 4.79 Å². The minimum absolute atomic E-state index is 0.00562. The van der Waals surface area contributed by atoms with Crippen molar-refractivity contribution in [3.63, 3.8) is 0 Å². The van der Waals surface area contributed by atoms with Crippen LogP contribution in [0.4, 0.5) is 5.69 Å². The number of rotatable bonds is 3. The van der Waals surface area contributed by atoms with E-state index in [1.165, 1.54) is 12.8 Å². The number of amides is 1. The van der Waals surface area contributed by atoms with E-state index in [1.807, 2.05) is 0 Å². The van der Waals surface area contributed by atoms with Crippen LogP contribution in [0.25, 0.3) is 0 Å². The molecule has 0 aromatic heterocycles. The first-order valence-electron chi connectivity index (χ1n) is 6.88. The molecule has 1 fully saturated rings. The number of anilines is 1. The predicted molar refractivity (Wildman–Crippen MR) is 80.6 cm³/mol. The Bertz CT molecular complexity index is 539. The van der Waals surface area contributed by atoms with E-state index in [9.17, 15) is 4.79 Å². The topological polar surface area (TPSA) is 49.3 Å². The Labute approximate surface area is 124 Å². The Morgan fingerprint density at radius 3 is 2.85 bits per heavy atom. The van der Waals surface area contributed by atoms with Crippen molar-refractivity contribution in [1.29, 1.82) is 0 Å². The van der Waals surface area contributed by atoms with Gasteiger partial charge in [0.05, 0.1) is 10.7 Å². The van der Waals surface area contributed by atoms with Gasteiger partial charge in [0.25, 0.3) is 0 Å². The molecule has 1 saturated carbocycles. The summed E-state index contributed by atoms with van der Waals surface area (Å²) in [5, 5.41) is 12.0. The summed E-state index contributed by atoms with van der Waals surface area (Å²) in [4.78, 5) is 12.0. The second-order valence-electron chi connectivity index (χ2n) is 5.06. The van der Waals surface area contributed by atoms with Crippen LogP contribution in [0.1, 0.15) is 37.7 Å². The Balaban J connectivity index is 2.01. The molecular formula is C16H18ClNO2. The molecule has 0 atom stereocenters. The van der Waals surface area contributed by atoms with E-state index in [-0.39, 0.29) is 12.5 Å². The molecule has 20 heavy (non-hydrogen) atoms. The minimum atomic E-state index is -0.188. The summed E-state index contributed by atoms with van der Waals surface area (Å²) in [7, 11) is 0. The lowest BCUT2D eigenvalue weighted by Crippen LogP contribution is -2.15. The summed E-state index contributed by atoms with van der Waals surface area (Å²) in [6.07, 6.45) is 5.30. The highest BCUT2D eigenvalue weighted by molar-refractivity contribution is 6.33. The molecule has 4 heteroatoms. The molecule has 1 aliphatic carbocycles. The largest absolute Gasteiger partial charge is 0.384 e. The van der Waals surface area contributed by atoms with Gasteiger partial charge in [-0.3, -0.25) is 4.79 Å². The molecule has 3 nitrogen and oxygen atoms in total. The minimum Gasteiger partial charge on any atom is -0.384 e. The van der Waals surface area contributed by atoms with E-state index in [2.05, 4.69) is 17.2 Å². The number of aliphatic hydroxyl groups is 1. The number of carbonyl (C=O) groups excluding carboxylic acids is 1. The summed E-state index contributed by atoms with van der Waals surface area (Å²) >= 11 is 6.08. The lowest BCUT2D eigenvalue weighted by Gasteiger charge is -2.11. The first kappa shape index (κ1) is 14.9. The van der Waals surface area contributed by atoms with Crippen molar-refractivity contribution in [2.75, 3.05) is 11.9 Å². The average Bonchev–Trinajstić information content (AvgIpc) is 2.92. The van der Waals surface area contributed by atoms with E-state index >= 15 is 0 Å². The number of aliphatic hydroxyl groups excluding tert-OH is 1. The second-order valence-corrected chi connectivity index (χ2v) is 5.46. The lowest BCUT2D eigenvalue weighted by atomic mass is 10.0. The standard InChI is InChI=1S/C16H18ClNO2/c17-14-8-7-13(6-3-9-19)10-15(14)18-16(20)11-12-4-1-2-5-12/h7-8,10,12,19H,1-2,4-5,9,11H2,(H,18,20). The van der Waals surface area contributed by atoms with Crippen molar-refractivity contribution in [2.45, 2.75) is 32.1 Å². The number of nitrogens with one attached hydrogen (secondary N) is 1. The molecule has 0 aliphatic heterocycles. The van der Waals surface area contributed by atoms with Crippen molar-refractivity contribution in [3.8, 4) is 11.8 Å². The van der Waals surface area contributed by atoms with Gasteiger partial charge in [-0.25, -0.2) is 0 Å². The van der Waals surface area contributed by atoms with E-state index < -0.39 is 0 Å². The van der Waals surface area contributed by atoms with Crippen LogP contribution in [0.2, 0.25) is 5.02 Å².